The molecule has 0 aliphatic carbocycles. The van der Waals surface area contributed by atoms with Gasteiger partial charge in [0.25, 0.3) is 0 Å². The van der Waals surface area contributed by atoms with Crippen LogP contribution in [0.1, 0.15) is 11.7 Å². The fourth-order valence-corrected chi connectivity index (χ4v) is 1.49. The van der Waals surface area contributed by atoms with Crippen LogP contribution in [0, 0.1) is 0 Å². The molecule has 1 aromatic rings. The molecular formula is C12H16O5. The molecule has 1 N–H and O–H groups in total. The molecule has 0 amide bonds. The van der Waals surface area contributed by atoms with Crippen LogP contribution >= 0.6 is 0 Å². The van der Waals surface area contributed by atoms with Crippen LogP contribution in [-0.4, -0.2) is 38.5 Å². The van der Waals surface area contributed by atoms with Gasteiger partial charge in [0.05, 0.1) is 14.2 Å². The number of hydrogen-bond donors (Lipinski definition) is 1. The van der Waals surface area contributed by atoms with Crippen LogP contribution in [0.3, 0.4) is 0 Å². The number of ether oxygens (including phenoxy) is 3. The molecule has 1 rings (SSSR count). The molecule has 17 heavy (non-hydrogen) atoms. The Labute approximate surface area is 99.9 Å². The first-order chi connectivity index (χ1) is 8.13. The van der Waals surface area contributed by atoms with Crippen molar-refractivity contribution in [2.24, 2.45) is 0 Å². The van der Waals surface area contributed by atoms with Crippen LogP contribution in [0.5, 0.6) is 5.75 Å². The summed E-state index contributed by atoms with van der Waals surface area (Å²) in [6.07, 6.45) is -2.10. The lowest BCUT2D eigenvalue weighted by Gasteiger charge is -2.20. The normalized spacial score (nSPS) is 13.9. The summed E-state index contributed by atoms with van der Waals surface area (Å²) in [5.41, 5.74) is 0.672. The van der Waals surface area contributed by atoms with Gasteiger partial charge in [-0.25, -0.2) is 4.79 Å². The summed E-state index contributed by atoms with van der Waals surface area (Å²) in [4.78, 5) is 11.2. The minimum atomic E-state index is -1.35. The Balaban J connectivity index is 2.89. The molecule has 0 bridgehead atoms. The van der Waals surface area contributed by atoms with Crippen LogP contribution < -0.4 is 4.74 Å². The molecule has 1 aromatic carbocycles. The third kappa shape index (κ3) is 3.18. The van der Waals surface area contributed by atoms with Gasteiger partial charge in [0.2, 0.25) is 0 Å². The number of methoxy groups -OCH3 is 3. The predicted octanol–water partition coefficient (Wildman–Crippen LogP) is 0.917. The number of benzene rings is 1. The van der Waals surface area contributed by atoms with Crippen molar-refractivity contribution in [1.29, 1.82) is 0 Å². The van der Waals surface area contributed by atoms with E-state index in [0.29, 0.717) is 11.3 Å². The van der Waals surface area contributed by atoms with Crippen LogP contribution in [0.15, 0.2) is 24.3 Å². The number of hydrogen-bond acceptors (Lipinski definition) is 5. The van der Waals surface area contributed by atoms with Gasteiger partial charge in [-0.05, 0) is 17.7 Å². The maximum atomic E-state index is 11.2. The molecular weight excluding hydrogens is 224 g/mol. The minimum absolute atomic E-state index is 0.672. The van der Waals surface area contributed by atoms with Crippen LogP contribution in [0.25, 0.3) is 0 Å². The van der Waals surface area contributed by atoms with Crippen molar-refractivity contribution >= 4 is 5.97 Å². The average Bonchev–Trinajstić information content (AvgIpc) is 2.39. The molecule has 0 fully saturated rings. The minimum Gasteiger partial charge on any atom is -0.497 e. The molecule has 94 valence electrons. The largest absolute Gasteiger partial charge is 0.497 e. The Morgan fingerprint density at radius 3 is 2.18 bits per heavy atom. The molecule has 2 atom stereocenters. The summed E-state index contributed by atoms with van der Waals surface area (Å²) in [5.74, 6) is -0.0381. The third-order valence-electron chi connectivity index (χ3n) is 2.43. The molecule has 0 radical (unpaired) electrons. The lowest BCUT2D eigenvalue weighted by Crippen LogP contribution is -2.30. The van der Waals surface area contributed by atoms with Crippen molar-refractivity contribution < 1.29 is 24.1 Å². The second-order valence-electron chi connectivity index (χ2n) is 3.40. The maximum Gasteiger partial charge on any atom is 0.337 e. The van der Waals surface area contributed by atoms with Crippen LogP contribution in [0.4, 0.5) is 0 Å². The number of esters is 1. The van der Waals surface area contributed by atoms with Gasteiger partial charge in [-0.3, -0.25) is 0 Å². The molecule has 0 aliphatic rings. The zero-order chi connectivity index (χ0) is 12.8. The molecule has 0 aromatic heterocycles. The highest BCUT2D eigenvalue weighted by Gasteiger charge is 2.28. The Hall–Kier alpha value is -1.59. The first-order valence-electron chi connectivity index (χ1n) is 5.06. The van der Waals surface area contributed by atoms with Gasteiger partial charge >= 0.3 is 5.97 Å². The maximum absolute atomic E-state index is 11.2. The highest BCUT2D eigenvalue weighted by Crippen LogP contribution is 2.23. The lowest BCUT2D eigenvalue weighted by molar-refractivity contribution is -0.158. The van der Waals surface area contributed by atoms with Crippen molar-refractivity contribution in [3.8, 4) is 5.75 Å². The number of aliphatic hydroxyl groups excluding tert-OH is 1. The summed E-state index contributed by atoms with van der Waals surface area (Å²) in [6.45, 7) is 0. The van der Waals surface area contributed by atoms with Crippen molar-refractivity contribution in [1.82, 2.24) is 0 Å². The van der Waals surface area contributed by atoms with Crippen LogP contribution in [0.2, 0.25) is 0 Å². The topological polar surface area (TPSA) is 65.0 Å². The first-order valence-corrected chi connectivity index (χ1v) is 5.06. The number of rotatable bonds is 5. The van der Waals surface area contributed by atoms with Crippen molar-refractivity contribution in [3.63, 3.8) is 0 Å². The van der Waals surface area contributed by atoms with E-state index in [1.54, 1.807) is 31.4 Å². The molecule has 0 heterocycles. The zero-order valence-electron chi connectivity index (χ0n) is 10.0. The fraction of sp³-hybridized carbons (Fsp3) is 0.417. The molecule has 5 heteroatoms. The number of carbonyl (C=O) groups excluding carboxylic acids is 1. The summed E-state index contributed by atoms with van der Waals surface area (Å²) >= 11 is 0. The molecule has 5 nitrogen and oxygen atoms in total. The van der Waals surface area contributed by atoms with Gasteiger partial charge in [-0.15, -0.1) is 0 Å². The molecule has 0 spiro atoms. The van der Waals surface area contributed by atoms with Crippen LogP contribution in [-0.2, 0) is 14.3 Å². The van der Waals surface area contributed by atoms with Gasteiger partial charge < -0.3 is 19.3 Å². The van der Waals surface area contributed by atoms with E-state index in [9.17, 15) is 9.90 Å². The molecule has 0 saturated carbocycles. The SMILES string of the molecule is COC(=O)[C@@H](O)[C@H](OC)c1ccc(OC)cc1. The van der Waals surface area contributed by atoms with Crippen molar-refractivity contribution in [2.75, 3.05) is 21.3 Å². The smallest absolute Gasteiger partial charge is 0.337 e. The van der Waals surface area contributed by atoms with E-state index < -0.39 is 18.2 Å². The van der Waals surface area contributed by atoms with Gasteiger partial charge in [0.1, 0.15) is 11.9 Å². The Morgan fingerprint density at radius 1 is 1.18 bits per heavy atom. The van der Waals surface area contributed by atoms with Crippen molar-refractivity contribution in [3.05, 3.63) is 29.8 Å². The molecule has 0 saturated heterocycles. The van der Waals surface area contributed by atoms with Gasteiger partial charge in [-0.2, -0.15) is 0 Å². The van der Waals surface area contributed by atoms with E-state index in [1.165, 1.54) is 14.2 Å². The first kappa shape index (κ1) is 13.5. The van der Waals surface area contributed by atoms with E-state index in [0.717, 1.165) is 0 Å². The summed E-state index contributed by atoms with van der Waals surface area (Å²) in [7, 11) is 4.19. The zero-order valence-corrected chi connectivity index (χ0v) is 10.0. The molecule has 0 unspecified atom stereocenters. The quantitative estimate of drug-likeness (QED) is 0.775. The van der Waals surface area contributed by atoms with Crippen molar-refractivity contribution in [2.45, 2.75) is 12.2 Å². The van der Waals surface area contributed by atoms with E-state index in [1.807, 2.05) is 0 Å². The highest BCUT2D eigenvalue weighted by molar-refractivity contribution is 5.75. The average molecular weight is 240 g/mol. The second kappa shape index (κ2) is 6.22. The van der Waals surface area contributed by atoms with E-state index in [-0.39, 0.29) is 0 Å². The van der Waals surface area contributed by atoms with Gasteiger partial charge in [-0.1, -0.05) is 12.1 Å². The van der Waals surface area contributed by atoms with E-state index >= 15 is 0 Å². The summed E-state index contributed by atoms with van der Waals surface area (Å²) in [5, 5.41) is 9.73. The van der Waals surface area contributed by atoms with Gasteiger partial charge in [0, 0.05) is 7.11 Å². The number of carbonyl (C=O) groups is 1. The lowest BCUT2D eigenvalue weighted by atomic mass is 10.0. The predicted molar refractivity (Wildman–Crippen MR) is 60.8 cm³/mol. The van der Waals surface area contributed by atoms with E-state index in [2.05, 4.69) is 4.74 Å². The third-order valence-corrected chi connectivity index (χ3v) is 2.43. The number of aliphatic hydroxyl groups is 1. The summed E-state index contributed by atoms with van der Waals surface area (Å²) < 4.78 is 14.6. The summed E-state index contributed by atoms with van der Waals surface area (Å²) in [6, 6.07) is 6.90. The molecule has 0 aliphatic heterocycles. The highest BCUT2D eigenvalue weighted by atomic mass is 16.5. The monoisotopic (exact) mass is 240 g/mol. The standard InChI is InChI=1S/C12H16O5/c1-15-9-6-4-8(5-7-9)11(16-2)10(13)12(14)17-3/h4-7,10-11,13H,1-3H3/t10-,11+/m0/s1. The Bertz CT molecular complexity index is 360. The van der Waals surface area contributed by atoms with E-state index in [4.69, 9.17) is 9.47 Å². The fourth-order valence-electron chi connectivity index (χ4n) is 1.49. The Kier molecular flexibility index (Phi) is 4.93. The second-order valence-corrected chi connectivity index (χ2v) is 3.40. The van der Waals surface area contributed by atoms with Gasteiger partial charge in [0.15, 0.2) is 6.10 Å². The Morgan fingerprint density at radius 2 is 1.76 bits per heavy atom.